The van der Waals surface area contributed by atoms with E-state index in [-0.39, 0.29) is 5.91 Å². The van der Waals surface area contributed by atoms with Crippen LogP contribution in [0.15, 0.2) is 6.07 Å². The summed E-state index contributed by atoms with van der Waals surface area (Å²) in [5.74, 6) is 0.0363. The van der Waals surface area contributed by atoms with Gasteiger partial charge in [0.15, 0.2) is 0 Å². The topological polar surface area (TPSA) is 55.1 Å². The van der Waals surface area contributed by atoms with Crippen molar-refractivity contribution in [2.75, 3.05) is 13.1 Å². The molecule has 0 spiro atoms. The van der Waals surface area contributed by atoms with Crippen molar-refractivity contribution in [2.45, 2.75) is 47.0 Å². The van der Waals surface area contributed by atoms with Crippen LogP contribution in [0.25, 0.3) is 0 Å². The molecule has 1 aromatic carbocycles. The predicted molar refractivity (Wildman–Crippen MR) is 80.5 cm³/mol. The molecule has 106 valence electrons. The molecule has 0 bridgehead atoms. The summed E-state index contributed by atoms with van der Waals surface area (Å²) < 4.78 is 0. The van der Waals surface area contributed by atoms with Gasteiger partial charge in [0, 0.05) is 13.1 Å². The minimum atomic E-state index is -0.542. The number of hydrogen-bond acceptors (Lipinski definition) is 2. The van der Waals surface area contributed by atoms with Crippen LogP contribution in [-0.2, 0) is 10.2 Å². The molecule has 0 atom stereocenters. The highest BCUT2D eigenvalue weighted by atomic mass is 16.2. The average Bonchev–Trinajstić information content (AvgIpc) is 2.33. The van der Waals surface area contributed by atoms with Gasteiger partial charge in [-0.05, 0) is 69.4 Å². The molecule has 3 N–H and O–H groups in total. The van der Waals surface area contributed by atoms with Gasteiger partial charge in [-0.2, -0.15) is 0 Å². The summed E-state index contributed by atoms with van der Waals surface area (Å²) in [5.41, 5.74) is 10.9. The van der Waals surface area contributed by atoms with Gasteiger partial charge in [-0.25, -0.2) is 0 Å². The second kappa shape index (κ2) is 5.74. The quantitative estimate of drug-likeness (QED) is 0.874. The molecule has 1 amide bonds. The summed E-state index contributed by atoms with van der Waals surface area (Å²) in [4.78, 5) is 12.4. The van der Waals surface area contributed by atoms with E-state index in [0.717, 1.165) is 5.56 Å². The number of aryl methyl sites for hydroxylation is 2. The number of nitrogens with two attached hydrogens (primary N) is 1. The molecule has 0 radical (unpaired) electrons. The molecule has 3 nitrogen and oxygen atoms in total. The van der Waals surface area contributed by atoms with Crippen molar-refractivity contribution in [1.82, 2.24) is 5.32 Å². The van der Waals surface area contributed by atoms with E-state index in [4.69, 9.17) is 5.73 Å². The SMILES string of the molecule is Cc1cc(C)c(C)c(C(C)(C)C(=O)NCCN)c1C. The van der Waals surface area contributed by atoms with Crippen molar-refractivity contribution >= 4 is 5.91 Å². The Morgan fingerprint density at radius 1 is 1.16 bits per heavy atom. The molecule has 0 saturated carbocycles. The van der Waals surface area contributed by atoms with Crippen LogP contribution < -0.4 is 11.1 Å². The van der Waals surface area contributed by atoms with Gasteiger partial charge in [0.1, 0.15) is 0 Å². The van der Waals surface area contributed by atoms with Crippen LogP contribution in [0.3, 0.4) is 0 Å². The fourth-order valence-corrected chi connectivity index (χ4v) is 2.67. The largest absolute Gasteiger partial charge is 0.354 e. The maximum atomic E-state index is 12.4. The summed E-state index contributed by atoms with van der Waals surface area (Å²) >= 11 is 0. The first-order chi connectivity index (χ1) is 8.73. The predicted octanol–water partition coefficient (Wildman–Crippen LogP) is 2.27. The monoisotopic (exact) mass is 262 g/mol. The smallest absolute Gasteiger partial charge is 0.230 e. The van der Waals surface area contributed by atoms with Crippen molar-refractivity contribution in [3.8, 4) is 0 Å². The Labute approximate surface area is 116 Å². The van der Waals surface area contributed by atoms with E-state index in [9.17, 15) is 4.79 Å². The fraction of sp³-hybridized carbons (Fsp3) is 0.562. The van der Waals surface area contributed by atoms with E-state index in [1.165, 1.54) is 22.3 Å². The summed E-state index contributed by atoms with van der Waals surface area (Å²) in [7, 11) is 0. The fourth-order valence-electron chi connectivity index (χ4n) is 2.67. The minimum absolute atomic E-state index is 0.0363. The van der Waals surface area contributed by atoms with Gasteiger partial charge in [0.2, 0.25) is 5.91 Å². The highest BCUT2D eigenvalue weighted by Gasteiger charge is 2.33. The van der Waals surface area contributed by atoms with Gasteiger partial charge >= 0.3 is 0 Å². The molecule has 0 saturated heterocycles. The number of nitrogens with one attached hydrogen (secondary N) is 1. The lowest BCUT2D eigenvalue weighted by Gasteiger charge is -2.29. The molecule has 0 aliphatic rings. The molecule has 0 fully saturated rings. The summed E-state index contributed by atoms with van der Waals surface area (Å²) in [6.07, 6.45) is 0. The first kappa shape index (κ1) is 15.7. The highest BCUT2D eigenvalue weighted by Crippen LogP contribution is 2.33. The Bertz CT molecular complexity index is 464. The zero-order valence-corrected chi connectivity index (χ0v) is 13.0. The third kappa shape index (κ3) is 2.98. The van der Waals surface area contributed by atoms with Crippen LogP contribution in [0.4, 0.5) is 0 Å². The first-order valence-electron chi connectivity index (χ1n) is 6.79. The summed E-state index contributed by atoms with van der Waals surface area (Å²) in [6, 6.07) is 2.18. The van der Waals surface area contributed by atoms with Gasteiger partial charge in [-0.1, -0.05) is 6.07 Å². The zero-order chi connectivity index (χ0) is 14.8. The maximum absolute atomic E-state index is 12.4. The lowest BCUT2D eigenvalue weighted by atomic mass is 9.76. The maximum Gasteiger partial charge on any atom is 0.230 e. The normalized spacial score (nSPS) is 11.5. The van der Waals surface area contributed by atoms with Crippen molar-refractivity contribution in [3.05, 3.63) is 33.9 Å². The lowest BCUT2D eigenvalue weighted by Crippen LogP contribution is -2.43. The number of carbonyl (C=O) groups excluding carboxylic acids is 1. The molecule has 1 aromatic rings. The van der Waals surface area contributed by atoms with E-state index >= 15 is 0 Å². The molecule has 0 heterocycles. The third-order valence-electron chi connectivity index (χ3n) is 3.99. The molecule has 0 aromatic heterocycles. The molecule has 0 aliphatic carbocycles. The van der Waals surface area contributed by atoms with Crippen molar-refractivity contribution in [2.24, 2.45) is 5.73 Å². The summed E-state index contributed by atoms with van der Waals surface area (Å²) in [6.45, 7) is 13.3. The van der Waals surface area contributed by atoms with Crippen LogP contribution >= 0.6 is 0 Å². The Morgan fingerprint density at radius 2 is 1.63 bits per heavy atom. The molecule has 3 heteroatoms. The Hall–Kier alpha value is -1.35. The zero-order valence-electron chi connectivity index (χ0n) is 13.0. The van der Waals surface area contributed by atoms with E-state index in [1.54, 1.807) is 0 Å². The van der Waals surface area contributed by atoms with E-state index in [1.807, 2.05) is 13.8 Å². The molecular formula is C16H26N2O. The number of rotatable bonds is 4. The Kier molecular flexibility index (Phi) is 4.75. The van der Waals surface area contributed by atoms with Gasteiger partial charge in [-0.3, -0.25) is 4.79 Å². The van der Waals surface area contributed by atoms with E-state index in [0.29, 0.717) is 13.1 Å². The number of hydrogen-bond donors (Lipinski definition) is 2. The second-order valence-electron chi connectivity index (χ2n) is 5.80. The van der Waals surface area contributed by atoms with Crippen LogP contribution in [0.1, 0.15) is 41.7 Å². The lowest BCUT2D eigenvalue weighted by molar-refractivity contribution is -0.125. The van der Waals surface area contributed by atoms with Crippen LogP contribution in [0.2, 0.25) is 0 Å². The summed E-state index contributed by atoms with van der Waals surface area (Å²) in [5, 5.41) is 2.90. The van der Waals surface area contributed by atoms with Crippen molar-refractivity contribution < 1.29 is 4.79 Å². The molecule has 0 unspecified atom stereocenters. The van der Waals surface area contributed by atoms with Crippen molar-refractivity contribution in [3.63, 3.8) is 0 Å². The molecule has 0 aliphatic heterocycles. The highest BCUT2D eigenvalue weighted by molar-refractivity contribution is 5.88. The van der Waals surface area contributed by atoms with E-state index < -0.39 is 5.41 Å². The number of carbonyl (C=O) groups is 1. The van der Waals surface area contributed by atoms with E-state index in [2.05, 4.69) is 39.1 Å². The van der Waals surface area contributed by atoms with Crippen molar-refractivity contribution in [1.29, 1.82) is 0 Å². The standard InChI is InChI=1S/C16H26N2O/c1-10-9-11(2)13(4)14(12(10)3)16(5,6)15(19)18-8-7-17/h9H,7-8,17H2,1-6H3,(H,18,19). The Morgan fingerprint density at radius 3 is 2.05 bits per heavy atom. The first-order valence-corrected chi connectivity index (χ1v) is 6.79. The van der Waals surface area contributed by atoms with Crippen LogP contribution in [-0.4, -0.2) is 19.0 Å². The third-order valence-corrected chi connectivity index (χ3v) is 3.99. The molecule has 1 rings (SSSR count). The molecule has 19 heavy (non-hydrogen) atoms. The number of amides is 1. The van der Waals surface area contributed by atoms with Gasteiger partial charge in [0.25, 0.3) is 0 Å². The average molecular weight is 262 g/mol. The van der Waals surface area contributed by atoms with Crippen LogP contribution in [0.5, 0.6) is 0 Å². The number of benzene rings is 1. The van der Waals surface area contributed by atoms with Gasteiger partial charge < -0.3 is 11.1 Å². The second-order valence-corrected chi connectivity index (χ2v) is 5.80. The minimum Gasteiger partial charge on any atom is -0.354 e. The molecular weight excluding hydrogens is 236 g/mol. The van der Waals surface area contributed by atoms with Gasteiger partial charge in [-0.15, -0.1) is 0 Å². The van der Waals surface area contributed by atoms with Crippen LogP contribution in [0, 0.1) is 27.7 Å². The van der Waals surface area contributed by atoms with Gasteiger partial charge in [0.05, 0.1) is 5.41 Å². The Balaban J connectivity index is 3.31.